The molecule has 0 unspecified atom stereocenters. The zero-order valence-corrected chi connectivity index (χ0v) is 15.9. The average molecular weight is 428 g/mol. The Kier molecular flexibility index (Phi) is 6.68. The first-order valence-electron chi connectivity index (χ1n) is 8.13. The molecule has 6 heteroatoms. The SMILES string of the molecule is CN=C(NCc1ccc(N2CCCCC2=O)cc1)NC1CC1.I. The van der Waals surface area contributed by atoms with Crippen LogP contribution in [0.25, 0.3) is 0 Å². The van der Waals surface area contributed by atoms with Crippen molar-refractivity contribution in [2.24, 2.45) is 4.99 Å². The molecule has 1 aliphatic heterocycles. The van der Waals surface area contributed by atoms with Crippen LogP contribution in [0, 0.1) is 0 Å². The van der Waals surface area contributed by atoms with Gasteiger partial charge in [-0.15, -0.1) is 24.0 Å². The van der Waals surface area contributed by atoms with E-state index < -0.39 is 0 Å². The Hall–Kier alpha value is -1.31. The molecule has 1 heterocycles. The molecule has 1 amide bonds. The molecular formula is C17H25IN4O. The number of carbonyl (C=O) groups is 1. The Morgan fingerprint density at radius 1 is 1.26 bits per heavy atom. The molecule has 0 bridgehead atoms. The lowest BCUT2D eigenvalue weighted by Gasteiger charge is -2.26. The first-order valence-corrected chi connectivity index (χ1v) is 8.13. The van der Waals surface area contributed by atoms with E-state index in [2.05, 4.69) is 27.8 Å². The van der Waals surface area contributed by atoms with E-state index >= 15 is 0 Å². The highest BCUT2D eigenvalue weighted by atomic mass is 127. The third-order valence-corrected chi connectivity index (χ3v) is 4.17. The minimum atomic E-state index is 0. The number of benzene rings is 1. The molecule has 3 rings (SSSR count). The van der Waals surface area contributed by atoms with E-state index in [0.29, 0.717) is 12.5 Å². The van der Waals surface area contributed by atoms with Crippen LogP contribution in [0.1, 0.15) is 37.7 Å². The van der Waals surface area contributed by atoms with Gasteiger partial charge in [0.2, 0.25) is 5.91 Å². The van der Waals surface area contributed by atoms with Crippen molar-refractivity contribution >= 4 is 41.5 Å². The minimum Gasteiger partial charge on any atom is -0.354 e. The molecule has 0 spiro atoms. The summed E-state index contributed by atoms with van der Waals surface area (Å²) in [4.78, 5) is 18.1. The quantitative estimate of drug-likeness (QED) is 0.441. The van der Waals surface area contributed by atoms with Crippen LogP contribution in [0.4, 0.5) is 5.69 Å². The summed E-state index contributed by atoms with van der Waals surface area (Å²) in [6, 6.07) is 8.83. The molecule has 1 saturated carbocycles. The van der Waals surface area contributed by atoms with Crippen molar-refractivity contribution in [3.63, 3.8) is 0 Å². The van der Waals surface area contributed by atoms with Crippen LogP contribution >= 0.6 is 24.0 Å². The van der Waals surface area contributed by atoms with Crippen LogP contribution in [-0.4, -0.2) is 31.5 Å². The summed E-state index contributed by atoms with van der Waals surface area (Å²) in [6.07, 6.45) is 5.26. The second-order valence-electron chi connectivity index (χ2n) is 6.01. The Balaban J connectivity index is 0.00000192. The maximum atomic E-state index is 11.9. The highest BCUT2D eigenvalue weighted by Gasteiger charge is 2.22. The normalized spacial score (nSPS) is 18.4. The number of carbonyl (C=O) groups excluding carboxylic acids is 1. The Labute approximate surface area is 154 Å². The number of piperidine rings is 1. The van der Waals surface area contributed by atoms with Crippen LogP contribution in [0.2, 0.25) is 0 Å². The maximum Gasteiger partial charge on any atom is 0.226 e. The summed E-state index contributed by atoms with van der Waals surface area (Å²) in [6.45, 7) is 1.58. The van der Waals surface area contributed by atoms with E-state index in [1.165, 1.54) is 18.4 Å². The number of rotatable bonds is 4. The monoisotopic (exact) mass is 428 g/mol. The fourth-order valence-electron chi connectivity index (χ4n) is 2.67. The average Bonchev–Trinajstić information content (AvgIpc) is 3.36. The third-order valence-electron chi connectivity index (χ3n) is 4.17. The second kappa shape index (κ2) is 8.52. The highest BCUT2D eigenvalue weighted by Crippen LogP contribution is 2.21. The van der Waals surface area contributed by atoms with Crippen molar-refractivity contribution in [2.45, 2.75) is 44.7 Å². The Morgan fingerprint density at radius 3 is 2.61 bits per heavy atom. The summed E-state index contributed by atoms with van der Waals surface area (Å²) in [7, 11) is 1.79. The van der Waals surface area contributed by atoms with Crippen LogP contribution in [0.15, 0.2) is 29.3 Å². The molecule has 2 aliphatic rings. The van der Waals surface area contributed by atoms with Gasteiger partial charge >= 0.3 is 0 Å². The van der Waals surface area contributed by atoms with E-state index in [1.807, 2.05) is 17.0 Å². The lowest BCUT2D eigenvalue weighted by Crippen LogP contribution is -2.38. The van der Waals surface area contributed by atoms with Gasteiger partial charge in [0.15, 0.2) is 5.96 Å². The van der Waals surface area contributed by atoms with E-state index in [1.54, 1.807) is 7.05 Å². The number of amides is 1. The first kappa shape index (κ1) is 18.0. The largest absolute Gasteiger partial charge is 0.354 e. The predicted molar refractivity (Wildman–Crippen MR) is 104 cm³/mol. The van der Waals surface area contributed by atoms with Crippen molar-refractivity contribution in [3.05, 3.63) is 29.8 Å². The van der Waals surface area contributed by atoms with Crippen LogP contribution in [0.5, 0.6) is 0 Å². The summed E-state index contributed by atoms with van der Waals surface area (Å²) >= 11 is 0. The van der Waals surface area contributed by atoms with Gasteiger partial charge in [-0.1, -0.05) is 12.1 Å². The van der Waals surface area contributed by atoms with Gasteiger partial charge in [-0.05, 0) is 43.4 Å². The zero-order valence-electron chi connectivity index (χ0n) is 13.5. The standard InChI is InChI=1S/C17H24N4O.HI/c1-18-17(20-14-7-8-14)19-12-13-5-9-15(10-6-13)21-11-3-2-4-16(21)22;/h5-6,9-10,14H,2-4,7-8,11-12H2,1H3,(H2,18,19,20);1H. The van der Waals surface area contributed by atoms with E-state index in [-0.39, 0.29) is 29.9 Å². The number of nitrogens with one attached hydrogen (secondary N) is 2. The summed E-state index contributed by atoms with van der Waals surface area (Å²) < 4.78 is 0. The number of anilines is 1. The van der Waals surface area contributed by atoms with E-state index in [4.69, 9.17) is 0 Å². The van der Waals surface area contributed by atoms with E-state index in [9.17, 15) is 4.79 Å². The fraction of sp³-hybridized carbons (Fsp3) is 0.529. The second-order valence-corrected chi connectivity index (χ2v) is 6.01. The lowest BCUT2D eigenvalue weighted by molar-refractivity contribution is -0.119. The van der Waals surface area contributed by atoms with Gasteiger partial charge in [0, 0.05) is 38.3 Å². The molecule has 5 nitrogen and oxygen atoms in total. The molecule has 23 heavy (non-hydrogen) atoms. The van der Waals surface area contributed by atoms with Gasteiger partial charge in [0.05, 0.1) is 0 Å². The molecule has 126 valence electrons. The molecule has 0 radical (unpaired) electrons. The number of halogens is 1. The molecule has 2 fully saturated rings. The number of hydrogen-bond donors (Lipinski definition) is 2. The van der Waals surface area contributed by atoms with Crippen molar-refractivity contribution in [3.8, 4) is 0 Å². The van der Waals surface area contributed by atoms with Crippen molar-refractivity contribution in [1.82, 2.24) is 10.6 Å². The zero-order chi connectivity index (χ0) is 15.4. The number of hydrogen-bond acceptors (Lipinski definition) is 2. The molecule has 1 saturated heterocycles. The number of guanidine groups is 1. The van der Waals surface area contributed by atoms with Gasteiger partial charge in [-0.2, -0.15) is 0 Å². The molecule has 1 aromatic rings. The maximum absolute atomic E-state index is 11.9. The topological polar surface area (TPSA) is 56.7 Å². The number of nitrogens with zero attached hydrogens (tertiary/aromatic N) is 2. The first-order chi connectivity index (χ1) is 10.8. The van der Waals surface area contributed by atoms with Crippen LogP contribution in [0.3, 0.4) is 0 Å². The fourth-order valence-corrected chi connectivity index (χ4v) is 2.67. The summed E-state index contributed by atoms with van der Waals surface area (Å²) in [5.74, 6) is 1.10. The van der Waals surface area contributed by atoms with Crippen LogP contribution in [-0.2, 0) is 11.3 Å². The van der Waals surface area contributed by atoms with Gasteiger partial charge in [0.25, 0.3) is 0 Å². The van der Waals surface area contributed by atoms with Gasteiger partial charge < -0.3 is 15.5 Å². The van der Waals surface area contributed by atoms with Crippen molar-refractivity contribution in [1.29, 1.82) is 0 Å². The molecule has 2 N–H and O–H groups in total. The summed E-state index contributed by atoms with van der Waals surface area (Å²) in [5.41, 5.74) is 2.20. The van der Waals surface area contributed by atoms with Gasteiger partial charge in [0.1, 0.15) is 0 Å². The molecule has 1 aromatic carbocycles. The van der Waals surface area contributed by atoms with E-state index in [0.717, 1.165) is 37.6 Å². The smallest absolute Gasteiger partial charge is 0.226 e. The van der Waals surface area contributed by atoms with Crippen molar-refractivity contribution < 1.29 is 4.79 Å². The minimum absolute atomic E-state index is 0. The third kappa shape index (κ3) is 5.09. The van der Waals surface area contributed by atoms with Gasteiger partial charge in [-0.25, -0.2) is 0 Å². The van der Waals surface area contributed by atoms with Crippen molar-refractivity contribution in [2.75, 3.05) is 18.5 Å². The molecular weight excluding hydrogens is 403 g/mol. The molecule has 0 atom stereocenters. The van der Waals surface area contributed by atoms with Crippen LogP contribution < -0.4 is 15.5 Å². The predicted octanol–water partition coefficient (Wildman–Crippen LogP) is 2.65. The lowest BCUT2D eigenvalue weighted by atomic mass is 10.1. The highest BCUT2D eigenvalue weighted by molar-refractivity contribution is 14.0. The molecule has 1 aliphatic carbocycles. The Bertz CT molecular complexity index is 554. The number of aliphatic imine (C=N–C) groups is 1. The molecule has 0 aromatic heterocycles. The summed E-state index contributed by atoms with van der Waals surface area (Å²) in [5, 5.41) is 6.69. The van der Waals surface area contributed by atoms with Gasteiger partial charge in [-0.3, -0.25) is 9.79 Å². The Morgan fingerprint density at radius 2 is 2.00 bits per heavy atom.